The van der Waals surface area contributed by atoms with E-state index in [0.717, 1.165) is 29.7 Å². The van der Waals surface area contributed by atoms with Crippen LogP contribution in [0, 0.1) is 11.6 Å². The summed E-state index contributed by atoms with van der Waals surface area (Å²) in [6, 6.07) is 17.6. The zero-order chi connectivity index (χ0) is 24.2. The Balaban J connectivity index is 1.65. The van der Waals surface area contributed by atoms with Crippen LogP contribution >= 0.6 is 0 Å². The Morgan fingerprint density at radius 1 is 1.09 bits per heavy atom. The molecule has 0 spiro atoms. The summed E-state index contributed by atoms with van der Waals surface area (Å²) in [5, 5.41) is 2.65. The van der Waals surface area contributed by atoms with Gasteiger partial charge in [-0.3, -0.25) is 9.59 Å². The second kappa shape index (κ2) is 10.0. The molecule has 34 heavy (non-hydrogen) atoms. The Kier molecular flexibility index (Phi) is 6.91. The van der Waals surface area contributed by atoms with E-state index in [9.17, 15) is 18.4 Å². The van der Waals surface area contributed by atoms with Crippen molar-refractivity contribution in [3.05, 3.63) is 95.1 Å². The standard InChI is InChI=1S/C27H26F2N2O3/c1-3-23(17-8-6-5-7-9-17)31-16-18-14-20(11-13-25(18)34-24(4-2)27(31)33)30-26(32)21-12-10-19(28)15-22(21)29/h5-15,23-24H,3-4,16H2,1-2H3,(H,30,32)/t23-,24-/m0/s1. The SMILES string of the molecule is CC[C@@H]1Oc2ccc(NC(=O)c3ccc(F)cc3F)cc2CN([C@@H](CC)c2ccccc2)C1=O. The van der Waals surface area contributed by atoms with Crippen molar-refractivity contribution in [3.63, 3.8) is 0 Å². The van der Waals surface area contributed by atoms with Crippen molar-refractivity contribution in [2.75, 3.05) is 5.32 Å². The number of ether oxygens (including phenoxy) is 1. The van der Waals surface area contributed by atoms with Crippen molar-refractivity contribution < 1.29 is 23.1 Å². The third kappa shape index (κ3) is 4.78. The molecule has 1 aliphatic rings. The summed E-state index contributed by atoms with van der Waals surface area (Å²) >= 11 is 0. The van der Waals surface area contributed by atoms with Gasteiger partial charge in [0.25, 0.3) is 11.8 Å². The summed E-state index contributed by atoms with van der Waals surface area (Å²) < 4.78 is 33.3. The molecule has 0 aliphatic carbocycles. The second-order valence-electron chi connectivity index (χ2n) is 8.22. The summed E-state index contributed by atoms with van der Waals surface area (Å²) in [5.74, 6) is -1.91. The Bertz CT molecular complexity index is 1200. The van der Waals surface area contributed by atoms with Gasteiger partial charge in [-0.15, -0.1) is 0 Å². The monoisotopic (exact) mass is 464 g/mol. The first-order valence-corrected chi connectivity index (χ1v) is 11.3. The number of nitrogens with zero attached hydrogens (tertiary/aromatic N) is 1. The Hall–Kier alpha value is -3.74. The normalized spacial score (nSPS) is 16.3. The highest BCUT2D eigenvalue weighted by atomic mass is 19.1. The van der Waals surface area contributed by atoms with Crippen LogP contribution in [0.25, 0.3) is 0 Å². The van der Waals surface area contributed by atoms with Crippen molar-refractivity contribution >= 4 is 17.5 Å². The van der Waals surface area contributed by atoms with E-state index >= 15 is 0 Å². The number of rotatable bonds is 6. The van der Waals surface area contributed by atoms with Crippen molar-refractivity contribution in [1.82, 2.24) is 4.90 Å². The summed E-state index contributed by atoms with van der Waals surface area (Å²) in [6.07, 6.45) is 0.622. The Labute approximate surface area is 197 Å². The molecule has 0 radical (unpaired) electrons. The summed E-state index contributed by atoms with van der Waals surface area (Å²) in [7, 11) is 0. The van der Waals surface area contributed by atoms with Gasteiger partial charge in [0.15, 0.2) is 6.10 Å². The molecule has 0 bridgehead atoms. The van der Waals surface area contributed by atoms with E-state index in [1.165, 1.54) is 0 Å². The lowest BCUT2D eigenvalue weighted by molar-refractivity contribution is -0.141. The number of carbonyl (C=O) groups excluding carboxylic acids is 2. The molecule has 0 unspecified atom stereocenters. The summed E-state index contributed by atoms with van der Waals surface area (Å²) in [4.78, 5) is 27.8. The van der Waals surface area contributed by atoms with Gasteiger partial charge in [-0.1, -0.05) is 44.2 Å². The number of halogens is 2. The lowest BCUT2D eigenvalue weighted by Gasteiger charge is -2.32. The van der Waals surface area contributed by atoms with E-state index in [4.69, 9.17) is 4.74 Å². The number of nitrogens with one attached hydrogen (secondary N) is 1. The third-order valence-corrected chi connectivity index (χ3v) is 5.98. The number of hydrogen-bond acceptors (Lipinski definition) is 3. The predicted molar refractivity (Wildman–Crippen MR) is 125 cm³/mol. The minimum atomic E-state index is -0.938. The Morgan fingerprint density at radius 2 is 1.85 bits per heavy atom. The quantitative estimate of drug-likeness (QED) is 0.497. The fraction of sp³-hybridized carbons (Fsp3) is 0.259. The smallest absolute Gasteiger partial charge is 0.264 e. The third-order valence-electron chi connectivity index (χ3n) is 5.98. The first kappa shape index (κ1) is 23.4. The molecule has 4 rings (SSSR count). The fourth-order valence-electron chi connectivity index (χ4n) is 4.25. The van der Waals surface area contributed by atoms with E-state index in [0.29, 0.717) is 30.5 Å². The van der Waals surface area contributed by atoms with Crippen LogP contribution in [0.5, 0.6) is 5.75 Å². The number of fused-ring (bicyclic) bond motifs is 1. The predicted octanol–water partition coefficient (Wildman–Crippen LogP) is 5.87. The molecule has 1 aliphatic heterocycles. The van der Waals surface area contributed by atoms with Gasteiger partial charge in [-0.25, -0.2) is 8.78 Å². The number of hydrogen-bond donors (Lipinski definition) is 1. The largest absolute Gasteiger partial charge is 0.480 e. The fourth-order valence-corrected chi connectivity index (χ4v) is 4.25. The van der Waals surface area contributed by atoms with Gasteiger partial charge in [0.05, 0.1) is 18.2 Å². The summed E-state index contributed by atoms with van der Waals surface area (Å²) in [6.45, 7) is 4.24. The van der Waals surface area contributed by atoms with Gasteiger partial charge in [0.1, 0.15) is 17.4 Å². The van der Waals surface area contributed by atoms with Crippen LogP contribution in [0.3, 0.4) is 0 Å². The van der Waals surface area contributed by atoms with Crippen LogP contribution in [-0.2, 0) is 11.3 Å². The lowest BCUT2D eigenvalue weighted by Crippen LogP contribution is -2.41. The van der Waals surface area contributed by atoms with E-state index in [-0.39, 0.29) is 17.5 Å². The molecule has 2 atom stereocenters. The van der Waals surface area contributed by atoms with Crippen LogP contribution < -0.4 is 10.1 Å². The minimum Gasteiger partial charge on any atom is -0.480 e. The zero-order valence-electron chi connectivity index (χ0n) is 19.1. The number of benzene rings is 3. The highest BCUT2D eigenvalue weighted by Crippen LogP contribution is 2.35. The highest BCUT2D eigenvalue weighted by Gasteiger charge is 2.34. The first-order chi connectivity index (χ1) is 16.4. The van der Waals surface area contributed by atoms with E-state index < -0.39 is 23.6 Å². The van der Waals surface area contributed by atoms with Gasteiger partial charge in [-0.2, -0.15) is 0 Å². The van der Waals surface area contributed by atoms with Crippen molar-refractivity contribution in [1.29, 1.82) is 0 Å². The molecular weight excluding hydrogens is 438 g/mol. The molecule has 0 fully saturated rings. The van der Waals surface area contributed by atoms with Gasteiger partial charge < -0.3 is 15.0 Å². The molecule has 5 nitrogen and oxygen atoms in total. The zero-order valence-corrected chi connectivity index (χ0v) is 19.1. The Morgan fingerprint density at radius 3 is 2.53 bits per heavy atom. The van der Waals surface area contributed by atoms with Crippen molar-refractivity contribution in [3.8, 4) is 5.75 Å². The van der Waals surface area contributed by atoms with Crippen molar-refractivity contribution in [2.45, 2.75) is 45.4 Å². The highest BCUT2D eigenvalue weighted by molar-refractivity contribution is 6.04. The van der Waals surface area contributed by atoms with Gasteiger partial charge >= 0.3 is 0 Å². The average molecular weight is 465 g/mol. The van der Waals surface area contributed by atoms with Crippen molar-refractivity contribution in [2.24, 2.45) is 0 Å². The number of anilines is 1. The topological polar surface area (TPSA) is 58.6 Å². The molecule has 7 heteroatoms. The number of amides is 2. The second-order valence-corrected chi connectivity index (χ2v) is 8.22. The van der Waals surface area contributed by atoms with Crippen LogP contribution in [0.2, 0.25) is 0 Å². The maximum Gasteiger partial charge on any atom is 0.264 e. The van der Waals surface area contributed by atoms with Crippen LogP contribution in [0.15, 0.2) is 66.7 Å². The molecule has 3 aromatic rings. The molecule has 176 valence electrons. The molecular formula is C27H26F2N2O3. The molecule has 1 N–H and O–H groups in total. The van der Waals surface area contributed by atoms with Gasteiger partial charge in [-0.05, 0) is 48.7 Å². The minimum absolute atomic E-state index is 0.0895. The van der Waals surface area contributed by atoms with E-state index in [1.54, 1.807) is 18.2 Å². The number of carbonyl (C=O) groups is 2. The first-order valence-electron chi connectivity index (χ1n) is 11.3. The molecule has 0 aromatic heterocycles. The maximum absolute atomic E-state index is 14.0. The molecule has 0 saturated carbocycles. The van der Waals surface area contributed by atoms with Crippen LogP contribution in [0.4, 0.5) is 14.5 Å². The average Bonchev–Trinajstić information content (AvgIpc) is 2.96. The molecule has 0 saturated heterocycles. The van der Waals surface area contributed by atoms with Crippen LogP contribution in [-0.4, -0.2) is 22.8 Å². The van der Waals surface area contributed by atoms with Gasteiger partial charge in [0.2, 0.25) is 0 Å². The van der Waals surface area contributed by atoms with Crippen LogP contribution in [0.1, 0.15) is 54.2 Å². The molecule has 1 heterocycles. The summed E-state index contributed by atoms with van der Waals surface area (Å²) in [5.41, 5.74) is 1.93. The lowest BCUT2D eigenvalue weighted by atomic mass is 10.0. The van der Waals surface area contributed by atoms with E-state index in [1.807, 2.05) is 49.1 Å². The van der Waals surface area contributed by atoms with Gasteiger partial charge in [0, 0.05) is 17.3 Å². The molecule has 2 amide bonds. The maximum atomic E-state index is 14.0. The van der Waals surface area contributed by atoms with E-state index in [2.05, 4.69) is 5.32 Å². The molecule has 3 aromatic carbocycles.